The molecule has 0 atom stereocenters. The van der Waals surface area contributed by atoms with Crippen molar-refractivity contribution in [2.75, 3.05) is 5.75 Å². The van der Waals surface area contributed by atoms with Gasteiger partial charge in [0.05, 0.1) is 5.75 Å². The Hall–Kier alpha value is -0.780. The largest absolute Gasteiger partial charge is 0.332 e. The number of hydrogen-bond acceptors (Lipinski definition) is 3. The number of sulfonamides is 1. The van der Waals surface area contributed by atoms with Gasteiger partial charge in [-0.05, 0) is 62.7 Å². The van der Waals surface area contributed by atoms with Crippen LogP contribution in [-0.2, 0) is 10.0 Å². The highest BCUT2D eigenvalue weighted by Gasteiger charge is 2.51. The Labute approximate surface area is 133 Å². The van der Waals surface area contributed by atoms with E-state index in [0.29, 0.717) is 6.42 Å². The van der Waals surface area contributed by atoms with Gasteiger partial charge in [0.25, 0.3) is 0 Å². The molecule has 4 saturated carbocycles. The van der Waals surface area contributed by atoms with E-state index in [0.717, 1.165) is 49.9 Å². The summed E-state index contributed by atoms with van der Waals surface area (Å²) in [5.74, 6) is 2.22. The zero-order valence-corrected chi connectivity index (χ0v) is 14.3. The van der Waals surface area contributed by atoms with E-state index in [1.165, 1.54) is 19.3 Å². The molecular formula is C16H28N2O3S. The Kier molecular flexibility index (Phi) is 4.40. The summed E-state index contributed by atoms with van der Waals surface area (Å²) in [6, 6.07) is -0.515. The predicted octanol–water partition coefficient (Wildman–Crippen LogP) is 2.77. The smallest absolute Gasteiger partial charge is 0.328 e. The summed E-state index contributed by atoms with van der Waals surface area (Å²) in [6.45, 7) is 2.03. The molecule has 2 amide bonds. The maximum Gasteiger partial charge on any atom is 0.328 e. The first-order valence-electron chi connectivity index (χ1n) is 8.72. The maximum absolute atomic E-state index is 12.2. The lowest BCUT2D eigenvalue weighted by Crippen LogP contribution is -2.61. The van der Waals surface area contributed by atoms with Gasteiger partial charge in [-0.3, -0.25) is 0 Å². The maximum atomic E-state index is 12.2. The highest BCUT2D eigenvalue weighted by atomic mass is 32.2. The van der Waals surface area contributed by atoms with Gasteiger partial charge >= 0.3 is 6.03 Å². The molecule has 4 bridgehead atoms. The van der Waals surface area contributed by atoms with Crippen LogP contribution in [0.15, 0.2) is 0 Å². The van der Waals surface area contributed by atoms with Crippen LogP contribution in [0.25, 0.3) is 0 Å². The van der Waals surface area contributed by atoms with Crippen molar-refractivity contribution in [1.82, 2.24) is 10.0 Å². The minimum Gasteiger partial charge on any atom is -0.332 e. The molecule has 0 radical (unpaired) electrons. The van der Waals surface area contributed by atoms with Crippen LogP contribution in [0.4, 0.5) is 4.79 Å². The van der Waals surface area contributed by atoms with Crippen molar-refractivity contribution < 1.29 is 13.2 Å². The Morgan fingerprint density at radius 1 is 1.05 bits per heavy atom. The molecule has 0 unspecified atom stereocenters. The first kappa shape index (κ1) is 16.1. The van der Waals surface area contributed by atoms with Crippen LogP contribution in [0.2, 0.25) is 0 Å². The van der Waals surface area contributed by atoms with Crippen molar-refractivity contribution in [3.63, 3.8) is 0 Å². The Balaban J connectivity index is 1.56. The molecule has 4 aliphatic carbocycles. The average molecular weight is 328 g/mol. The molecule has 4 aliphatic rings. The molecule has 0 heterocycles. The summed E-state index contributed by atoms with van der Waals surface area (Å²) in [4.78, 5) is 12.2. The number of carbonyl (C=O) groups is 1. The Bertz CT molecular complexity index is 494. The van der Waals surface area contributed by atoms with E-state index in [1.54, 1.807) is 0 Å². The van der Waals surface area contributed by atoms with Crippen LogP contribution in [-0.4, -0.2) is 25.7 Å². The minimum absolute atomic E-state index is 0.0368. The summed E-state index contributed by atoms with van der Waals surface area (Å²) in [5, 5.41) is 3.04. The molecule has 0 aromatic rings. The second-order valence-electron chi connectivity index (χ2n) is 7.78. The highest BCUT2D eigenvalue weighted by Crippen LogP contribution is 2.55. The van der Waals surface area contributed by atoms with Crippen molar-refractivity contribution >= 4 is 16.1 Å². The SMILES string of the molecule is CCCCCS(=O)(=O)NC(=O)NC12CC3CC(CC(C3)C1)C2. The molecule has 126 valence electrons. The lowest BCUT2D eigenvalue weighted by atomic mass is 9.53. The molecule has 2 N–H and O–H groups in total. The van der Waals surface area contributed by atoms with E-state index in [2.05, 4.69) is 10.0 Å². The van der Waals surface area contributed by atoms with E-state index in [4.69, 9.17) is 0 Å². The second kappa shape index (κ2) is 6.02. The third kappa shape index (κ3) is 3.58. The van der Waals surface area contributed by atoms with E-state index in [9.17, 15) is 13.2 Å². The summed E-state index contributed by atoms with van der Waals surface area (Å²) >= 11 is 0. The monoisotopic (exact) mass is 328 g/mol. The topological polar surface area (TPSA) is 75.3 Å². The fourth-order valence-corrected chi connectivity index (χ4v) is 6.28. The van der Waals surface area contributed by atoms with Crippen molar-refractivity contribution in [3.05, 3.63) is 0 Å². The van der Waals surface area contributed by atoms with E-state index < -0.39 is 16.1 Å². The zero-order valence-electron chi connectivity index (χ0n) is 13.4. The minimum atomic E-state index is -3.50. The van der Waals surface area contributed by atoms with Crippen molar-refractivity contribution in [1.29, 1.82) is 0 Å². The molecule has 4 rings (SSSR count). The van der Waals surface area contributed by atoms with E-state index >= 15 is 0 Å². The van der Waals surface area contributed by atoms with Gasteiger partial charge in [0.1, 0.15) is 0 Å². The van der Waals surface area contributed by atoms with Gasteiger partial charge in [0.15, 0.2) is 0 Å². The molecule has 4 fully saturated rings. The van der Waals surface area contributed by atoms with Crippen LogP contribution in [0.3, 0.4) is 0 Å². The van der Waals surface area contributed by atoms with E-state index in [1.807, 2.05) is 6.92 Å². The van der Waals surface area contributed by atoms with Crippen molar-refractivity contribution in [3.8, 4) is 0 Å². The normalized spacial score (nSPS) is 36.3. The molecule has 0 aromatic carbocycles. The number of rotatable bonds is 6. The van der Waals surface area contributed by atoms with Gasteiger partial charge in [-0.2, -0.15) is 0 Å². The van der Waals surface area contributed by atoms with Crippen molar-refractivity contribution in [2.24, 2.45) is 17.8 Å². The summed E-state index contributed by atoms with van der Waals surface area (Å²) in [7, 11) is -3.50. The van der Waals surface area contributed by atoms with Gasteiger partial charge in [-0.15, -0.1) is 0 Å². The summed E-state index contributed by atoms with van der Waals surface area (Å²) in [6.07, 6.45) is 9.45. The number of unbranched alkanes of at least 4 members (excludes halogenated alkanes) is 2. The highest BCUT2D eigenvalue weighted by molar-refractivity contribution is 7.90. The lowest BCUT2D eigenvalue weighted by Gasteiger charge is -2.56. The van der Waals surface area contributed by atoms with E-state index in [-0.39, 0.29) is 11.3 Å². The molecular weight excluding hydrogens is 300 g/mol. The molecule has 0 spiro atoms. The van der Waals surface area contributed by atoms with Gasteiger partial charge < -0.3 is 5.32 Å². The van der Waals surface area contributed by atoms with Gasteiger partial charge in [-0.1, -0.05) is 19.8 Å². The standard InChI is InChI=1S/C16H28N2O3S/c1-2-3-4-5-22(20,21)18-15(19)17-16-9-12-6-13(10-16)8-14(7-12)11-16/h12-14H,2-11H2,1H3,(H2,17,18,19). The number of hydrogen-bond donors (Lipinski definition) is 2. The fraction of sp³-hybridized carbons (Fsp3) is 0.938. The van der Waals surface area contributed by atoms with Crippen LogP contribution < -0.4 is 10.0 Å². The lowest BCUT2D eigenvalue weighted by molar-refractivity contribution is -0.0132. The molecule has 0 aromatic heterocycles. The first-order chi connectivity index (χ1) is 10.4. The van der Waals surface area contributed by atoms with Crippen LogP contribution in [0.1, 0.15) is 64.7 Å². The second-order valence-corrected chi connectivity index (χ2v) is 9.62. The number of amides is 2. The quantitative estimate of drug-likeness (QED) is 0.736. The van der Waals surface area contributed by atoms with Gasteiger partial charge in [0, 0.05) is 5.54 Å². The molecule has 0 saturated heterocycles. The third-order valence-corrected chi connectivity index (χ3v) is 7.00. The van der Waals surface area contributed by atoms with Crippen LogP contribution in [0, 0.1) is 17.8 Å². The summed E-state index contributed by atoms with van der Waals surface area (Å²) < 4.78 is 26.1. The molecule has 22 heavy (non-hydrogen) atoms. The van der Waals surface area contributed by atoms with Gasteiger partial charge in [0.2, 0.25) is 10.0 Å². The molecule has 6 heteroatoms. The Morgan fingerprint density at radius 2 is 1.59 bits per heavy atom. The van der Waals surface area contributed by atoms with Crippen molar-refractivity contribution in [2.45, 2.75) is 70.3 Å². The fourth-order valence-electron chi connectivity index (χ4n) is 5.26. The van der Waals surface area contributed by atoms with Crippen LogP contribution in [0.5, 0.6) is 0 Å². The molecule has 0 aliphatic heterocycles. The van der Waals surface area contributed by atoms with Gasteiger partial charge in [-0.25, -0.2) is 17.9 Å². The predicted molar refractivity (Wildman–Crippen MR) is 85.9 cm³/mol. The summed E-state index contributed by atoms with van der Waals surface area (Å²) in [5.41, 5.74) is -0.141. The first-order valence-corrected chi connectivity index (χ1v) is 10.4. The number of urea groups is 1. The van der Waals surface area contributed by atoms with Crippen LogP contribution >= 0.6 is 0 Å². The Morgan fingerprint density at radius 3 is 2.09 bits per heavy atom. The average Bonchev–Trinajstić information content (AvgIpc) is 2.35. The molecule has 5 nitrogen and oxygen atoms in total. The zero-order chi connectivity index (χ0) is 15.8. The third-order valence-electron chi connectivity index (χ3n) is 5.68. The number of nitrogens with one attached hydrogen (secondary N) is 2. The number of carbonyl (C=O) groups excluding carboxylic acids is 1.